The molecule has 0 aromatic rings. The van der Waals surface area contributed by atoms with Crippen molar-refractivity contribution in [3.8, 4) is 0 Å². The monoisotopic (exact) mass is 184 g/mol. The van der Waals surface area contributed by atoms with Gasteiger partial charge in [0.2, 0.25) is 0 Å². The predicted octanol–water partition coefficient (Wildman–Crippen LogP) is 3.32. The Morgan fingerprint density at radius 2 is 2.00 bits per heavy atom. The van der Waals surface area contributed by atoms with E-state index in [1.807, 2.05) is 0 Å². The molecule has 0 heterocycles. The predicted molar refractivity (Wildman–Crippen MR) is 57.3 cm³/mol. The highest BCUT2D eigenvalue weighted by molar-refractivity contribution is 7.16. The molecule has 2 aliphatic rings. The number of rotatable bonds is 1. The number of hydrogen-bond acceptors (Lipinski definition) is 0. The normalized spacial score (nSPS) is 50.0. The molecule has 4 unspecified atom stereocenters. The topological polar surface area (TPSA) is 0 Å². The Hall–Kier alpha value is 0.430. The van der Waals surface area contributed by atoms with Crippen molar-refractivity contribution in [2.24, 2.45) is 22.7 Å². The number of hydrogen-bond donors (Lipinski definition) is 0. The maximum absolute atomic E-state index is 2.94. The molecular weight excluding hydrogens is 163 g/mol. The van der Waals surface area contributed by atoms with Crippen LogP contribution in [0.5, 0.6) is 0 Å². The van der Waals surface area contributed by atoms with Crippen LogP contribution in [0.2, 0.25) is 0 Å². The van der Waals surface area contributed by atoms with Gasteiger partial charge in [-0.15, -0.1) is 9.24 Å². The Labute approximate surface area is 78.7 Å². The quantitative estimate of drug-likeness (QED) is 0.548. The van der Waals surface area contributed by atoms with Crippen molar-refractivity contribution in [2.75, 3.05) is 6.16 Å². The van der Waals surface area contributed by atoms with Crippen LogP contribution in [0.15, 0.2) is 0 Å². The summed E-state index contributed by atoms with van der Waals surface area (Å²) in [6.45, 7) is 7.50. The molecule has 0 aliphatic heterocycles. The second kappa shape index (κ2) is 2.47. The summed E-state index contributed by atoms with van der Waals surface area (Å²) in [4.78, 5) is 0. The summed E-state index contributed by atoms with van der Waals surface area (Å²) in [7, 11) is 2.94. The van der Waals surface area contributed by atoms with Gasteiger partial charge in [-0.1, -0.05) is 20.8 Å². The SMILES string of the molecule is CC1(C)C2CCC1(C)C(CP)C2. The van der Waals surface area contributed by atoms with Gasteiger partial charge in [-0.3, -0.25) is 0 Å². The van der Waals surface area contributed by atoms with Crippen molar-refractivity contribution < 1.29 is 0 Å². The Bertz CT molecular complexity index is 197. The van der Waals surface area contributed by atoms with Gasteiger partial charge in [0.1, 0.15) is 0 Å². The van der Waals surface area contributed by atoms with E-state index in [-0.39, 0.29) is 0 Å². The first-order valence-corrected chi connectivity index (χ1v) is 6.04. The fourth-order valence-electron chi connectivity index (χ4n) is 3.73. The van der Waals surface area contributed by atoms with Crippen molar-refractivity contribution in [1.82, 2.24) is 0 Å². The Balaban J connectivity index is 2.33. The zero-order chi connectivity index (χ0) is 8.98. The van der Waals surface area contributed by atoms with E-state index >= 15 is 0 Å². The summed E-state index contributed by atoms with van der Waals surface area (Å²) in [6.07, 6.45) is 5.78. The summed E-state index contributed by atoms with van der Waals surface area (Å²) in [6, 6.07) is 0. The first-order chi connectivity index (χ1) is 5.52. The van der Waals surface area contributed by atoms with E-state index in [1.54, 1.807) is 0 Å². The third-order valence-corrected chi connectivity index (χ3v) is 5.83. The van der Waals surface area contributed by atoms with E-state index in [2.05, 4.69) is 30.0 Å². The molecule has 2 rings (SSSR count). The molecule has 0 aromatic heterocycles. The van der Waals surface area contributed by atoms with Crippen LogP contribution in [0, 0.1) is 22.7 Å². The lowest BCUT2D eigenvalue weighted by molar-refractivity contribution is 0.114. The molecule has 4 atom stereocenters. The molecule has 2 aliphatic carbocycles. The van der Waals surface area contributed by atoms with Crippen LogP contribution in [0.4, 0.5) is 0 Å². The van der Waals surface area contributed by atoms with E-state index in [0.717, 1.165) is 11.8 Å². The largest absolute Gasteiger partial charge is 0.137 e. The van der Waals surface area contributed by atoms with Crippen molar-refractivity contribution >= 4 is 9.24 Å². The summed E-state index contributed by atoms with van der Waals surface area (Å²) in [5.74, 6) is 2.00. The summed E-state index contributed by atoms with van der Waals surface area (Å²) in [5, 5.41) is 0. The molecule has 0 radical (unpaired) electrons. The van der Waals surface area contributed by atoms with E-state index in [4.69, 9.17) is 0 Å². The molecule has 2 saturated carbocycles. The van der Waals surface area contributed by atoms with Gasteiger partial charge in [0, 0.05) is 0 Å². The lowest BCUT2D eigenvalue weighted by atomic mass is 9.67. The van der Waals surface area contributed by atoms with Crippen LogP contribution in [0.3, 0.4) is 0 Å². The zero-order valence-electron chi connectivity index (χ0n) is 8.56. The molecule has 0 spiro atoms. The minimum absolute atomic E-state index is 0.619. The molecular formula is C11H21P. The first kappa shape index (κ1) is 9.00. The average Bonchev–Trinajstić information content (AvgIpc) is 2.34. The van der Waals surface area contributed by atoms with Gasteiger partial charge in [-0.05, 0) is 48.1 Å². The van der Waals surface area contributed by atoms with Gasteiger partial charge in [-0.2, -0.15) is 0 Å². The smallest absolute Gasteiger partial charge is 0.0240 e. The molecule has 0 N–H and O–H groups in total. The third-order valence-electron chi connectivity index (χ3n) is 5.26. The highest BCUT2D eigenvalue weighted by Crippen LogP contribution is 2.68. The van der Waals surface area contributed by atoms with Crippen molar-refractivity contribution in [3.05, 3.63) is 0 Å². The van der Waals surface area contributed by atoms with Crippen LogP contribution in [0.1, 0.15) is 40.0 Å². The standard InChI is InChI=1S/C11H21P/c1-10(2)8-4-5-11(10,3)9(6-8)7-12/h8-9H,4-7,12H2,1-3H3. The average molecular weight is 184 g/mol. The highest BCUT2D eigenvalue weighted by atomic mass is 31.0. The van der Waals surface area contributed by atoms with Gasteiger partial charge in [0.05, 0.1) is 0 Å². The minimum atomic E-state index is 0.619. The van der Waals surface area contributed by atoms with Crippen molar-refractivity contribution in [1.29, 1.82) is 0 Å². The van der Waals surface area contributed by atoms with Gasteiger partial charge in [-0.25, -0.2) is 0 Å². The maximum atomic E-state index is 2.94. The van der Waals surface area contributed by atoms with E-state index in [9.17, 15) is 0 Å². The lowest BCUT2D eigenvalue weighted by Crippen LogP contribution is -2.32. The van der Waals surface area contributed by atoms with Crippen LogP contribution in [-0.2, 0) is 0 Å². The highest BCUT2D eigenvalue weighted by Gasteiger charge is 2.60. The van der Waals surface area contributed by atoms with E-state index in [0.29, 0.717) is 10.8 Å². The first-order valence-electron chi connectivity index (χ1n) is 5.22. The molecule has 12 heavy (non-hydrogen) atoms. The number of fused-ring (bicyclic) bond motifs is 2. The lowest BCUT2D eigenvalue weighted by Gasteiger charge is -2.39. The second-order valence-electron chi connectivity index (χ2n) is 5.54. The van der Waals surface area contributed by atoms with Crippen LogP contribution in [-0.4, -0.2) is 6.16 Å². The van der Waals surface area contributed by atoms with Crippen molar-refractivity contribution in [3.63, 3.8) is 0 Å². The molecule has 70 valence electrons. The maximum Gasteiger partial charge on any atom is -0.0240 e. The zero-order valence-corrected chi connectivity index (χ0v) is 9.72. The van der Waals surface area contributed by atoms with Gasteiger partial charge >= 0.3 is 0 Å². The van der Waals surface area contributed by atoms with Crippen LogP contribution < -0.4 is 0 Å². The summed E-state index contributed by atoms with van der Waals surface area (Å²) >= 11 is 0. The molecule has 2 bridgehead atoms. The molecule has 0 nitrogen and oxygen atoms in total. The molecule has 0 amide bonds. The fourth-order valence-corrected chi connectivity index (χ4v) is 4.44. The molecule has 0 aromatic carbocycles. The van der Waals surface area contributed by atoms with Gasteiger partial charge in [0.15, 0.2) is 0 Å². The molecule has 1 heteroatoms. The van der Waals surface area contributed by atoms with Gasteiger partial charge < -0.3 is 0 Å². The van der Waals surface area contributed by atoms with Crippen molar-refractivity contribution in [2.45, 2.75) is 40.0 Å². The summed E-state index contributed by atoms with van der Waals surface area (Å²) in [5.41, 5.74) is 1.27. The minimum Gasteiger partial charge on any atom is -0.137 e. The molecule has 2 fully saturated rings. The Kier molecular flexibility index (Phi) is 1.85. The van der Waals surface area contributed by atoms with E-state index < -0.39 is 0 Å². The van der Waals surface area contributed by atoms with Gasteiger partial charge in [0.25, 0.3) is 0 Å². The molecule has 0 saturated heterocycles. The Morgan fingerprint density at radius 3 is 2.25 bits per heavy atom. The van der Waals surface area contributed by atoms with Crippen LogP contribution in [0.25, 0.3) is 0 Å². The van der Waals surface area contributed by atoms with E-state index in [1.165, 1.54) is 25.4 Å². The second-order valence-corrected chi connectivity index (χ2v) is 6.01. The van der Waals surface area contributed by atoms with Crippen LogP contribution >= 0.6 is 9.24 Å². The third kappa shape index (κ3) is 0.830. The summed E-state index contributed by atoms with van der Waals surface area (Å²) < 4.78 is 0. The Morgan fingerprint density at radius 1 is 1.33 bits per heavy atom. The fraction of sp³-hybridized carbons (Fsp3) is 1.00.